The van der Waals surface area contributed by atoms with Gasteiger partial charge in [-0.15, -0.1) is 10.2 Å². The van der Waals surface area contributed by atoms with E-state index in [1.807, 2.05) is 32.0 Å². The smallest absolute Gasteiger partial charge is 0.271 e. The molecule has 1 aliphatic heterocycles. The summed E-state index contributed by atoms with van der Waals surface area (Å²) < 4.78 is 2.99. The van der Waals surface area contributed by atoms with Gasteiger partial charge in [0.2, 0.25) is 11.1 Å². The maximum absolute atomic E-state index is 12.4. The third kappa shape index (κ3) is 4.43. The summed E-state index contributed by atoms with van der Waals surface area (Å²) in [6, 6.07) is 9.94. The van der Waals surface area contributed by atoms with Crippen LogP contribution in [0.1, 0.15) is 30.7 Å². The number of piperidine rings is 1. The summed E-state index contributed by atoms with van der Waals surface area (Å²) in [7, 11) is 0. The van der Waals surface area contributed by atoms with Gasteiger partial charge in [0.25, 0.3) is 5.95 Å². The Hall–Kier alpha value is -3.01. The fourth-order valence-corrected chi connectivity index (χ4v) is 4.23. The predicted octanol–water partition coefficient (Wildman–Crippen LogP) is 2.52. The van der Waals surface area contributed by atoms with E-state index < -0.39 is 0 Å². The number of aromatic nitrogens is 5. The van der Waals surface area contributed by atoms with Crippen LogP contribution >= 0.6 is 11.8 Å². The van der Waals surface area contributed by atoms with Gasteiger partial charge in [0, 0.05) is 30.2 Å². The normalized spacial score (nSPS) is 14.1. The summed E-state index contributed by atoms with van der Waals surface area (Å²) >= 11 is 1.23. The van der Waals surface area contributed by atoms with Crippen LogP contribution in [0.25, 0.3) is 5.95 Å². The lowest BCUT2D eigenvalue weighted by atomic mass is 10.1. The van der Waals surface area contributed by atoms with Crippen molar-refractivity contribution in [3.8, 4) is 5.95 Å². The van der Waals surface area contributed by atoms with Gasteiger partial charge < -0.3 is 16.1 Å². The Bertz CT molecular complexity index is 1020. The summed E-state index contributed by atoms with van der Waals surface area (Å²) in [5.74, 6) is 6.58. The van der Waals surface area contributed by atoms with Crippen molar-refractivity contribution in [2.75, 3.05) is 34.9 Å². The van der Waals surface area contributed by atoms with Gasteiger partial charge in [-0.25, -0.2) is 9.36 Å². The number of hydrogen-bond donors (Lipinski definition) is 2. The zero-order valence-electron chi connectivity index (χ0n) is 17.2. The average molecular weight is 427 g/mol. The molecule has 0 atom stereocenters. The minimum absolute atomic E-state index is 0.124. The van der Waals surface area contributed by atoms with Gasteiger partial charge in [-0.05, 0) is 63.4 Å². The van der Waals surface area contributed by atoms with Crippen LogP contribution in [0.3, 0.4) is 0 Å². The topological polar surface area (TPSA) is 107 Å². The maximum Gasteiger partial charge on any atom is 0.271 e. The van der Waals surface area contributed by atoms with Crippen LogP contribution in [0.2, 0.25) is 0 Å². The van der Waals surface area contributed by atoms with Crippen molar-refractivity contribution in [1.82, 2.24) is 24.7 Å². The van der Waals surface area contributed by atoms with E-state index >= 15 is 0 Å². The monoisotopic (exact) mass is 426 g/mol. The van der Waals surface area contributed by atoms with Gasteiger partial charge in [0.15, 0.2) is 0 Å². The molecule has 2 aromatic heterocycles. The number of benzene rings is 1. The van der Waals surface area contributed by atoms with Crippen molar-refractivity contribution < 1.29 is 4.79 Å². The van der Waals surface area contributed by atoms with E-state index in [4.69, 9.17) is 5.84 Å². The number of thioether (sulfide) groups is 1. The van der Waals surface area contributed by atoms with Gasteiger partial charge in [0.05, 0.1) is 11.4 Å². The van der Waals surface area contributed by atoms with Gasteiger partial charge >= 0.3 is 0 Å². The highest BCUT2D eigenvalue weighted by atomic mass is 32.2. The Morgan fingerprint density at radius 1 is 1.13 bits per heavy atom. The molecule has 0 radical (unpaired) electrons. The number of nitrogens with zero attached hydrogens (tertiary/aromatic N) is 6. The molecule has 1 aliphatic rings. The number of carbonyl (C=O) groups excluding carboxylic acids is 1. The van der Waals surface area contributed by atoms with E-state index in [1.165, 1.54) is 41.4 Å². The zero-order chi connectivity index (χ0) is 21.1. The molecule has 0 bridgehead atoms. The number of nitrogen functional groups attached to an aromatic ring is 1. The predicted molar refractivity (Wildman–Crippen MR) is 119 cm³/mol. The van der Waals surface area contributed by atoms with Crippen molar-refractivity contribution >= 4 is 29.0 Å². The van der Waals surface area contributed by atoms with Crippen LogP contribution in [0.15, 0.2) is 35.5 Å². The minimum Gasteiger partial charge on any atom is -0.372 e. The van der Waals surface area contributed by atoms with Crippen LogP contribution in [0.4, 0.5) is 11.4 Å². The molecule has 30 heavy (non-hydrogen) atoms. The summed E-state index contributed by atoms with van der Waals surface area (Å²) in [6.07, 6.45) is 3.78. The first-order valence-electron chi connectivity index (χ1n) is 10.0. The largest absolute Gasteiger partial charge is 0.372 e. The molecule has 1 fully saturated rings. The molecule has 3 N–H and O–H groups in total. The number of anilines is 2. The van der Waals surface area contributed by atoms with Crippen molar-refractivity contribution in [2.24, 2.45) is 0 Å². The number of nitrogens with one attached hydrogen (secondary N) is 1. The summed E-state index contributed by atoms with van der Waals surface area (Å²) in [4.78, 5) is 14.7. The quantitative estimate of drug-likeness (QED) is 0.461. The first-order chi connectivity index (χ1) is 14.5. The Morgan fingerprint density at radius 2 is 1.87 bits per heavy atom. The van der Waals surface area contributed by atoms with E-state index in [2.05, 4.69) is 37.6 Å². The lowest BCUT2D eigenvalue weighted by Crippen LogP contribution is -2.29. The second-order valence-electron chi connectivity index (χ2n) is 7.42. The lowest BCUT2D eigenvalue weighted by Gasteiger charge is -2.28. The van der Waals surface area contributed by atoms with Gasteiger partial charge in [-0.1, -0.05) is 11.8 Å². The number of hydrogen-bond acceptors (Lipinski definition) is 7. The molecule has 1 amide bonds. The van der Waals surface area contributed by atoms with Gasteiger partial charge in [-0.2, -0.15) is 5.10 Å². The summed E-state index contributed by atoms with van der Waals surface area (Å²) in [6.45, 7) is 6.02. The first kappa shape index (κ1) is 20.3. The van der Waals surface area contributed by atoms with E-state index in [1.54, 1.807) is 4.68 Å². The van der Waals surface area contributed by atoms with E-state index in [-0.39, 0.29) is 11.7 Å². The number of aryl methyl sites for hydroxylation is 2. The Balaban J connectivity index is 1.33. The third-order valence-electron chi connectivity index (χ3n) is 5.05. The Kier molecular flexibility index (Phi) is 5.93. The van der Waals surface area contributed by atoms with E-state index in [9.17, 15) is 4.79 Å². The fraction of sp³-hybridized carbons (Fsp3) is 0.400. The first-order valence-corrected chi connectivity index (χ1v) is 11.0. The van der Waals surface area contributed by atoms with Gasteiger partial charge in [0.1, 0.15) is 0 Å². The van der Waals surface area contributed by atoms with Crippen molar-refractivity contribution in [3.05, 3.63) is 41.7 Å². The molecule has 9 nitrogen and oxygen atoms in total. The molecule has 1 aromatic carbocycles. The SMILES string of the molecule is Cc1cc(C)n(-c2nnc(SCC(=O)Nc3ccc(N4CCCCC4)cc3)n2N)n1. The molecule has 0 unspecified atom stereocenters. The molecule has 10 heteroatoms. The standard InChI is InChI=1S/C20H26N8OS/c1-14-12-15(2)28(25-14)19-23-24-20(27(19)21)30-13-18(29)22-16-6-8-17(9-7-16)26-10-4-3-5-11-26/h6-9,12H,3-5,10-11,13,21H2,1-2H3,(H,22,29). The van der Waals surface area contributed by atoms with Crippen LogP contribution in [0.5, 0.6) is 0 Å². The summed E-state index contributed by atoms with van der Waals surface area (Å²) in [5, 5.41) is 15.9. The molecule has 0 spiro atoms. The minimum atomic E-state index is -0.124. The molecule has 1 saturated heterocycles. The zero-order valence-corrected chi connectivity index (χ0v) is 18.0. The number of carbonyl (C=O) groups is 1. The van der Waals surface area contributed by atoms with E-state index in [0.717, 1.165) is 30.2 Å². The molecule has 3 heterocycles. The van der Waals surface area contributed by atoms with E-state index in [0.29, 0.717) is 11.1 Å². The van der Waals surface area contributed by atoms with Crippen molar-refractivity contribution in [3.63, 3.8) is 0 Å². The van der Waals surface area contributed by atoms with Crippen molar-refractivity contribution in [1.29, 1.82) is 0 Å². The number of amides is 1. The fourth-order valence-electron chi connectivity index (χ4n) is 3.58. The van der Waals surface area contributed by atoms with Crippen LogP contribution < -0.4 is 16.1 Å². The van der Waals surface area contributed by atoms with Crippen LogP contribution in [-0.2, 0) is 4.79 Å². The number of rotatable bonds is 6. The molecule has 158 valence electrons. The Morgan fingerprint density at radius 3 is 2.53 bits per heavy atom. The second-order valence-corrected chi connectivity index (χ2v) is 8.37. The molecule has 0 saturated carbocycles. The molecule has 3 aromatic rings. The molecule has 4 rings (SSSR count). The highest BCUT2D eigenvalue weighted by Crippen LogP contribution is 2.22. The molecular weight excluding hydrogens is 400 g/mol. The Labute approximate surface area is 179 Å². The average Bonchev–Trinajstić information content (AvgIpc) is 3.28. The van der Waals surface area contributed by atoms with Crippen LogP contribution in [0, 0.1) is 13.8 Å². The van der Waals surface area contributed by atoms with Crippen molar-refractivity contribution in [2.45, 2.75) is 38.3 Å². The molecular formula is C20H26N8OS. The third-order valence-corrected chi connectivity index (χ3v) is 5.99. The second kappa shape index (κ2) is 8.78. The van der Waals surface area contributed by atoms with Gasteiger partial charge in [-0.3, -0.25) is 4.79 Å². The summed E-state index contributed by atoms with van der Waals surface area (Å²) in [5.41, 5.74) is 3.76. The highest BCUT2D eigenvalue weighted by molar-refractivity contribution is 7.99. The lowest BCUT2D eigenvalue weighted by molar-refractivity contribution is -0.113. The number of nitrogens with two attached hydrogens (primary N) is 1. The maximum atomic E-state index is 12.4. The van der Waals surface area contributed by atoms with Crippen LogP contribution in [-0.4, -0.2) is 49.4 Å². The highest BCUT2D eigenvalue weighted by Gasteiger charge is 2.16. The molecule has 0 aliphatic carbocycles.